The number of anilines is 3. The van der Waals surface area contributed by atoms with Crippen LogP contribution in [0.25, 0.3) is 75.4 Å². The molecule has 9 aromatic rings. The molecule has 0 N–H and O–H groups in total. The average Bonchev–Trinajstić information content (AvgIpc) is 3.50. The van der Waals surface area contributed by atoms with E-state index in [2.05, 4.69) is 157 Å². The summed E-state index contributed by atoms with van der Waals surface area (Å²) < 4.78 is 2.32. The van der Waals surface area contributed by atoms with Crippen molar-refractivity contribution in [2.45, 2.75) is 0 Å². The van der Waals surface area contributed by atoms with E-state index in [4.69, 9.17) is 9.97 Å². The van der Waals surface area contributed by atoms with Crippen molar-refractivity contribution in [2.24, 2.45) is 0 Å². The molecule has 0 atom stereocenters. The van der Waals surface area contributed by atoms with E-state index in [0.29, 0.717) is 5.95 Å². The Hall–Kier alpha value is -5.84. The Morgan fingerprint density at radius 2 is 1.17 bits per heavy atom. The third-order valence-corrected chi connectivity index (χ3v) is 10.4. The summed E-state index contributed by atoms with van der Waals surface area (Å²) in [7, 11) is 0. The highest BCUT2D eigenvalue weighted by Crippen LogP contribution is 2.53. The van der Waals surface area contributed by atoms with E-state index >= 15 is 0 Å². The molecule has 0 saturated carbocycles. The lowest BCUT2D eigenvalue weighted by molar-refractivity contribution is 1.12. The van der Waals surface area contributed by atoms with Crippen LogP contribution in [-0.4, -0.2) is 9.97 Å². The van der Waals surface area contributed by atoms with Crippen molar-refractivity contribution in [3.8, 4) is 33.5 Å². The fraction of sp³-hybridized carbons (Fsp3) is 0. The minimum absolute atomic E-state index is 0.678. The highest BCUT2D eigenvalue weighted by atomic mass is 32.1. The van der Waals surface area contributed by atoms with Crippen molar-refractivity contribution < 1.29 is 0 Å². The molecule has 4 heteroatoms. The SMILES string of the molecule is c1ccc(-c2ccc(-c3nc(N4c5ccc6ccccc6c5-c5cccc6cccc4c56)nc4c3sc3ccccc34)cc2)cc1. The first kappa shape index (κ1) is 25.5. The standard InChI is InChI=1S/C42H25N3S/c1-2-10-26(11-3-1)27-20-22-30(23-21-27)39-41-40(32-16-6-7-19-36(32)46-41)44-42(43-39)45-34-18-9-14-29-13-8-17-33(37(29)34)38-31-15-5-4-12-28(31)24-25-35(38)45/h1-25H. The molecule has 10 rings (SSSR count). The van der Waals surface area contributed by atoms with Gasteiger partial charge in [-0.05, 0) is 51.0 Å². The van der Waals surface area contributed by atoms with Crippen LogP contribution in [0.4, 0.5) is 17.3 Å². The maximum absolute atomic E-state index is 5.46. The van der Waals surface area contributed by atoms with Crippen molar-refractivity contribution in [3.63, 3.8) is 0 Å². The average molecular weight is 604 g/mol. The van der Waals surface area contributed by atoms with Crippen LogP contribution >= 0.6 is 11.3 Å². The molecule has 1 aliphatic rings. The number of hydrogen-bond acceptors (Lipinski definition) is 4. The van der Waals surface area contributed by atoms with Gasteiger partial charge in [-0.1, -0.05) is 133 Å². The highest BCUT2D eigenvalue weighted by Gasteiger charge is 2.30. The minimum atomic E-state index is 0.678. The van der Waals surface area contributed by atoms with E-state index in [-0.39, 0.29) is 0 Å². The minimum Gasteiger partial charge on any atom is -0.278 e. The van der Waals surface area contributed by atoms with Crippen LogP contribution in [0.15, 0.2) is 152 Å². The predicted octanol–water partition coefficient (Wildman–Crippen LogP) is 11.9. The van der Waals surface area contributed by atoms with E-state index in [0.717, 1.165) is 38.2 Å². The first-order valence-electron chi connectivity index (χ1n) is 15.5. The molecule has 0 unspecified atom stereocenters. The molecule has 0 spiro atoms. The number of fused-ring (bicyclic) bond motifs is 7. The number of benzene rings is 7. The summed E-state index contributed by atoms with van der Waals surface area (Å²) in [5.41, 5.74) is 10.1. The molecule has 0 aliphatic carbocycles. The van der Waals surface area contributed by atoms with Crippen molar-refractivity contribution in [1.29, 1.82) is 0 Å². The van der Waals surface area contributed by atoms with Gasteiger partial charge in [-0.2, -0.15) is 0 Å². The number of rotatable bonds is 3. The molecule has 0 saturated heterocycles. The maximum atomic E-state index is 5.46. The van der Waals surface area contributed by atoms with Crippen LogP contribution in [-0.2, 0) is 0 Å². The van der Waals surface area contributed by atoms with Crippen LogP contribution in [0.1, 0.15) is 0 Å². The van der Waals surface area contributed by atoms with Gasteiger partial charge in [-0.15, -0.1) is 11.3 Å². The van der Waals surface area contributed by atoms with Crippen LogP contribution in [0.2, 0.25) is 0 Å². The number of aromatic nitrogens is 2. The molecular weight excluding hydrogens is 579 g/mol. The summed E-state index contributed by atoms with van der Waals surface area (Å²) in [6.07, 6.45) is 0. The largest absolute Gasteiger partial charge is 0.278 e. The molecule has 46 heavy (non-hydrogen) atoms. The highest BCUT2D eigenvalue weighted by molar-refractivity contribution is 7.26. The summed E-state index contributed by atoms with van der Waals surface area (Å²) in [5.74, 6) is 0.678. The summed E-state index contributed by atoms with van der Waals surface area (Å²) >= 11 is 1.77. The molecule has 0 radical (unpaired) electrons. The summed E-state index contributed by atoms with van der Waals surface area (Å²) in [6.45, 7) is 0. The van der Waals surface area contributed by atoms with Gasteiger partial charge in [0, 0.05) is 26.6 Å². The Balaban J connectivity index is 1.28. The van der Waals surface area contributed by atoms with E-state index in [1.54, 1.807) is 11.3 Å². The van der Waals surface area contributed by atoms with Crippen molar-refractivity contribution >= 4 is 70.5 Å². The quantitative estimate of drug-likeness (QED) is 0.201. The van der Waals surface area contributed by atoms with Crippen molar-refractivity contribution in [1.82, 2.24) is 9.97 Å². The zero-order valence-corrected chi connectivity index (χ0v) is 25.5. The van der Waals surface area contributed by atoms with Gasteiger partial charge < -0.3 is 0 Å². The van der Waals surface area contributed by atoms with Gasteiger partial charge in [-0.3, -0.25) is 4.90 Å². The number of thiophene rings is 1. The molecule has 0 fully saturated rings. The molecule has 1 aliphatic heterocycles. The van der Waals surface area contributed by atoms with Crippen LogP contribution in [0.5, 0.6) is 0 Å². The Bertz CT molecular complexity index is 2630. The Labute approximate surface area is 269 Å². The van der Waals surface area contributed by atoms with Gasteiger partial charge in [0.25, 0.3) is 0 Å². The lowest BCUT2D eigenvalue weighted by Gasteiger charge is -2.32. The molecule has 214 valence electrons. The maximum Gasteiger partial charge on any atom is 0.235 e. The van der Waals surface area contributed by atoms with E-state index < -0.39 is 0 Å². The van der Waals surface area contributed by atoms with E-state index in [1.165, 1.54) is 48.5 Å². The molecule has 2 aromatic heterocycles. The summed E-state index contributed by atoms with van der Waals surface area (Å²) in [6, 6.07) is 54.2. The van der Waals surface area contributed by atoms with Crippen LogP contribution in [0, 0.1) is 0 Å². The van der Waals surface area contributed by atoms with Gasteiger partial charge >= 0.3 is 0 Å². The second-order valence-electron chi connectivity index (χ2n) is 11.8. The van der Waals surface area contributed by atoms with Gasteiger partial charge in [-0.25, -0.2) is 9.97 Å². The van der Waals surface area contributed by atoms with Crippen LogP contribution in [0.3, 0.4) is 0 Å². The monoisotopic (exact) mass is 603 g/mol. The van der Waals surface area contributed by atoms with Crippen LogP contribution < -0.4 is 4.90 Å². The van der Waals surface area contributed by atoms with Gasteiger partial charge in [0.15, 0.2) is 0 Å². The van der Waals surface area contributed by atoms with Crippen molar-refractivity contribution in [3.05, 3.63) is 152 Å². The molecule has 0 bridgehead atoms. The lowest BCUT2D eigenvalue weighted by Crippen LogP contribution is -2.18. The molecule has 0 amide bonds. The predicted molar refractivity (Wildman–Crippen MR) is 194 cm³/mol. The topological polar surface area (TPSA) is 29.0 Å². The number of nitrogens with zero attached hydrogens (tertiary/aromatic N) is 3. The first-order chi connectivity index (χ1) is 22.8. The van der Waals surface area contributed by atoms with E-state index in [9.17, 15) is 0 Å². The molecule has 3 heterocycles. The Kier molecular flexibility index (Phi) is 5.45. The summed E-state index contributed by atoms with van der Waals surface area (Å²) in [4.78, 5) is 13.1. The zero-order valence-electron chi connectivity index (χ0n) is 24.7. The van der Waals surface area contributed by atoms with Gasteiger partial charge in [0.1, 0.15) is 0 Å². The van der Waals surface area contributed by atoms with Gasteiger partial charge in [0.2, 0.25) is 5.95 Å². The normalized spacial score (nSPS) is 12.3. The third-order valence-electron chi connectivity index (χ3n) is 9.21. The lowest BCUT2D eigenvalue weighted by atomic mass is 9.88. The van der Waals surface area contributed by atoms with Crippen molar-refractivity contribution in [2.75, 3.05) is 4.90 Å². The molecular formula is C42H25N3S. The fourth-order valence-corrected chi connectivity index (χ4v) is 8.27. The van der Waals surface area contributed by atoms with Gasteiger partial charge in [0.05, 0.1) is 27.3 Å². The molecule has 3 nitrogen and oxygen atoms in total. The second kappa shape index (κ2) is 9.83. The second-order valence-corrected chi connectivity index (χ2v) is 12.8. The Morgan fingerprint density at radius 3 is 2.04 bits per heavy atom. The third kappa shape index (κ3) is 3.71. The summed E-state index contributed by atoms with van der Waals surface area (Å²) in [5, 5.41) is 6.03. The number of hydrogen-bond donors (Lipinski definition) is 0. The van der Waals surface area contributed by atoms with E-state index in [1.807, 2.05) is 0 Å². The smallest absolute Gasteiger partial charge is 0.235 e. The first-order valence-corrected chi connectivity index (χ1v) is 16.3. The zero-order chi connectivity index (χ0) is 30.2. The molecule has 7 aromatic carbocycles. The fourth-order valence-electron chi connectivity index (χ4n) is 7.12. The Morgan fingerprint density at radius 1 is 0.478 bits per heavy atom.